The van der Waals surface area contributed by atoms with Crippen molar-refractivity contribution in [2.75, 3.05) is 6.54 Å². The van der Waals surface area contributed by atoms with Crippen molar-refractivity contribution in [2.45, 2.75) is 52.0 Å². The van der Waals surface area contributed by atoms with Crippen LogP contribution in [0.4, 0.5) is 4.39 Å². The van der Waals surface area contributed by atoms with Gasteiger partial charge in [0.1, 0.15) is 5.82 Å². The molecule has 0 saturated heterocycles. The second-order valence-electron chi connectivity index (χ2n) is 7.39. The van der Waals surface area contributed by atoms with Crippen molar-refractivity contribution < 1.29 is 4.39 Å². The van der Waals surface area contributed by atoms with E-state index in [-0.39, 0.29) is 5.82 Å². The number of halogens is 2. The molecule has 2 saturated carbocycles. The van der Waals surface area contributed by atoms with Gasteiger partial charge in [-0.25, -0.2) is 4.39 Å². The predicted molar refractivity (Wildman–Crippen MR) is 88.8 cm³/mol. The molecule has 0 aromatic heterocycles. The largest absolute Gasteiger partial charge is 0.314 e. The minimum atomic E-state index is -0.159. The van der Waals surface area contributed by atoms with Crippen molar-refractivity contribution in [3.05, 3.63) is 34.1 Å². The maximum absolute atomic E-state index is 13.3. The van der Waals surface area contributed by atoms with Crippen LogP contribution in [0.2, 0.25) is 0 Å². The second-order valence-corrected chi connectivity index (χ2v) is 8.24. The number of hydrogen-bond donors (Lipinski definition) is 1. The van der Waals surface area contributed by atoms with E-state index in [1.165, 1.54) is 31.2 Å². The molecule has 1 N–H and O–H groups in total. The number of hydrogen-bond acceptors (Lipinski definition) is 1. The van der Waals surface area contributed by atoms with Gasteiger partial charge in [0.15, 0.2) is 0 Å². The Labute approximate surface area is 135 Å². The summed E-state index contributed by atoms with van der Waals surface area (Å²) in [4.78, 5) is 0. The van der Waals surface area contributed by atoms with E-state index in [4.69, 9.17) is 0 Å². The van der Waals surface area contributed by atoms with Gasteiger partial charge >= 0.3 is 0 Å². The van der Waals surface area contributed by atoms with E-state index in [1.807, 2.05) is 6.07 Å². The molecule has 3 atom stereocenters. The zero-order chi connectivity index (χ0) is 15.0. The summed E-state index contributed by atoms with van der Waals surface area (Å²) in [5, 5.41) is 3.67. The van der Waals surface area contributed by atoms with Gasteiger partial charge in [0.2, 0.25) is 0 Å². The van der Waals surface area contributed by atoms with E-state index in [0.29, 0.717) is 11.5 Å². The minimum absolute atomic E-state index is 0.159. The minimum Gasteiger partial charge on any atom is -0.314 e. The lowest BCUT2D eigenvalue weighted by molar-refractivity contribution is 0.152. The molecule has 2 aliphatic rings. The van der Waals surface area contributed by atoms with Crippen LogP contribution in [0.25, 0.3) is 0 Å². The molecule has 3 unspecified atom stereocenters. The van der Waals surface area contributed by atoms with Crippen molar-refractivity contribution in [1.82, 2.24) is 5.32 Å². The fraction of sp³-hybridized carbons (Fsp3) is 0.667. The molecule has 1 nitrogen and oxygen atoms in total. The van der Waals surface area contributed by atoms with Crippen molar-refractivity contribution in [3.63, 3.8) is 0 Å². The molecule has 116 valence electrons. The van der Waals surface area contributed by atoms with Crippen LogP contribution >= 0.6 is 15.9 Å². The first-order valence-electron chi connectivity index (χ1n) is 8.16. The highest BCUT2D eigenvalue weighted by Crippen LogP contribution is 2.57. The molecular formula is C18H25BrFN. The average Bonchev–Trinajstić information content (AvgIpc) is 3.01. The third-order valence-electron chi connectivity index (χ3n) is 5.52. The SMILES string of the molecule is CC(C)NCC1(Cc2ccc(F)cc2Br)CC2CCC1C2. The quantitative estimate of drug-likeness (QED) is 0.790. The Morgan fingerprint density at radius 2 is 2.19 bits per heavy atom. The molecule has 0 spiro atoms. The van der Waals surface area contributed by atoms with E-state index in [0.717, 1.165) is 29.3 Å². The number of benzene rings is 1. The Morgan fingerprint density at radius 3 is 2.76 bits per heavy atom. The van der Waals surface area contributed by atoms with Crippen molar-refractivity contribution >= 4 is 15.9 Å². The van der Waals surface area contributed by atoms with Crippen molar-refractivity contribution in [3.8, 4) is 0 Å². The molecule has 2 bridgehead atoms. The molecule has 0 aliphatic heterocycles. The Bertz CT molecular complexity index is 516. The Balaban J connectivity index is 1.82. The maximum atomic E-state index is 13.3. The number of rotatable bonds is 5. The highest BCUT2D eigenvalue weighted by Gasteiger charge is 2.50. The first kappa shape index (κ1) is 15.5. The van der Waals surface area contributed by atoms with Crippen LogP contribution in [0.15, 0.2) is 22.7 Å². The van der Waals surface area contributed by atoms with E-state index >= 15 is 0 Å². The van der Waals surface area contributed by atoms with Gasteiger partial charge in [0.05, 0.1) is 0 Å². The molecule has 0 heterocycles. The van der Waals surface area contributed by atoms with Crippen LogP contribution in [0.3, 0.4) is 0 Å². The number of fused-ring (bicyclic) bond motifs is 2. The van der Waals surface area contributed by atoms with Crippen LogP contribution < -0.4 is 5.32 Å². The molecule has 0 amide bonds. The smallest absolute Gasteiger partial charge is 0.124 e. The molecule has 3 rings (SSSR count). The van der Waals surface area contributed by atoms with E-state index in [9.17, 15) is 4.39 Å². The standard InChI is InChI=1S/C18H25BrFN/c1-12(2)21-11-18(9-13-3-5-15(18)7-13)10-14-4-6-16(20)8-17(14)19/h4,6,8,12-13,15,21H,3,5,7,9-11H2,1-2H3. The first-order chi connectivity index (χ1) is 9.98. The summed E-state index contributed by atoms with van der Waals surface area (Å²) in [7, 11) is 0. The van der Waals surface area contributed by atoms with Crippen LogP contribution in [-0.2, 0) is 6.42 Å². The van der Waals surface area contributed by atoms with Gasteiger partial charge in [0.25, 0.3) is 0 Å². The molecule has 0 radical (unpaired) electrons. The van der Waals surface area contributed by atoms with Gasteiger partial charge in [-0.3, -0.25) is 0 Å². The summed E-state index contributed by atoms with van der Waals surface area (Å²) in [5.74, 6) is 1.60. The fourth-order valence-corrected chi connectivity index (χ4v) is 5.00. The van der Waals surface area contributed by atoms with Crippen LogP contribution in [0.1, 0.15) is 45.1 Å². The molecule has 1 aromatic rings. The topological polar surface area (TPSA) is 12.0 Å². The second kappa shape index (κ2) is 6.00. The fourth-order valence-electron chi connectivity index (χ4n) is 4.51. The third-order valence-corrected chi connectivity index (χ3v) is 6.26. The lowest BCUT2D eigenvalue weighted by Gasteiger charge is -2.39. The highest BCUT2D eigenvalue weighted by molar-refractivity contribution is 9.10. The maximum Gasteiger partial charge on any atom is 0.124 e. The lowest BCUT2D eigenvalue weighted by atomic mass is 9.69. The molecule has 3 heteroatoms. The van der Waals surface area contributed by atoms with Crippen molar-refractivity contribution in [1.29, 1.82) is 0 Å². The predicted octanol–water partition coefficient (Wildman–Crippen LogP) is 4.94. The molecule has 2 aliphatic carbocycles. The van der Waals surface area contributed by atoms with Crippen LogP contribution in [-0.4, -0.2) is 12.6 Å². The molecule has 2 fully saturated rings. The van der Waals surface area contributed by atoms with Gasteiger partial charge in [-0.15, -0.1) is 0 Å². The average molecular weight is 354 g/mol. The normalized spacial score (nSPS) is 31.3. The van der Waals surface area contributed by atoms with E-state index < -0.39 is 0 Å². The Kier molecular flexibility index (Phi) is 4.42. The molecule has 1 aromatic carbocycles. The number of nitrogens with one attached hydrogen (secondary N) is 1. The Hall–Kier alpha value is -0.410. The summed E-state index contributed by atoms with van der Waals surface area (Å²) in [5.41, 5.74) is 1.63. The van der Waals surface area contributed by atoms with Crippen LogP contribution in [0, 0.1) is 23.1 Å². The van der Waals surface area contributed by atoms with Crippen LogP contribution in [0.5, 0.6) is 0 Å². The molecule has 21 heavy (non-hydrogen) atoms. The third kappa shape index (κ3) is 3.19. The lowest BCUT2D eigenvalue weighted by Crippen LogP contribution is -2.42. The summed E-state index contributed by atoms with van der Waals surface area (Å²) in [6.45, 7) is 5.53. The Morgan fingerprint density at radius 1 is 1.38 bits per heavy atom. The summed E-state index contributed by atoms with van der Waals surface area (Å²) < 4.78 is 14.2. The van der Waals surface area contributed by atoms with E-state index in [1.54, 1.807) is 12.1 Å². The van der Waals surface area contributed by atoms with Gasteiger partial charge in [-0.2, -0.15) is 0 Å². The monoisotopic (exact) mass is 353 g/mol. The summed E-state index contributed by atoms with van der Waals surface area (Å²) in [6, 6.07) is 5.68. The van der Waals surface area contributed by atoms with Crippen molar-refractivity contribution in [2.24, 2.45) is 17.3 Å². The van der Waals surface area contributed by atoms with Gasteiger partial charge < -0.3 is 5.32 Å². The van der Waals surface area contributed by atoms with E-state index in [2.05, 4.69) is 35.1 Å². The summed E-state index contributed by atoms with van der Waals surface area (Å²) in [6.07, 6.45) is 6.59. The zero-order valence-corrected chi connectivity index (χ0v) is 14.5. The zero-order valence-electron chi connectivity index (χ0n) is 13.0. The highest BCUT2D eigenvalue weighted by atomic mass is 79.9. The van der Waals surface area contributed by atoms with Gasteiger partial charge in [0, 0.05) is 17.1 Å². The first-order valence-corrected chi connectivity index (χ1v) is 8.95. The molecular weight excluding hydrogens is 329 g/mol. The summed E-state index contributed by atoms with van der Waals surface area (Å²) >= 11 is 3.55. The van der Waals surface area contributed by atoms with Gasteiger partial charge in [-0.1, -0.05) is 42.3 Å². The van der Waals surface area contributed by atoms with Gasteiger partial charge in [-0.05, 0) is 60.6 Å².